The molecule has 0 unspecified atom stereocenters. The first-order valence-electron chi connectivity index (χ1n) is 2.24. The second-order valence-corrected chi connectivity index (χ2v) is 1.38. The summed E-state index contributed by atoms with van der Waals surface area (Å²) in [5, 5.41) is 14.0. The minimum atomic E-state index is 0.522. The lowest BCUT2D eigenvalue weighted by Crippen LogP contribution is -1.93. The monoisotopic (exact) mass is 121 g/mol. The summed E-state index contributed by atoms with van der Waals surface area (Å²) in [6.07, 6.45) is 3.82. The molecular formula is C3HN6. The van der Waals surface area contributed by atoms with Gasteiger partial charge in [-0.2, -0.15) is 0 Å². The Morgan fingerprint density at radius 1 is 1.56 bits per heavy atom. The van der Waals surface area contributed by atoms with Gasteiger partial charge in [0.1, 0.15) is 0 Å². The molecule has 0 aromatic carbocycles. The molecule has 0 atom stereocenters. The molecule has 6 nitrogen and oxygen atoms in total. The van der Waals surface area contributed by atoms with Gasteiger partial charge in [0, 0.05) is 0 Å². The largest absolute Gasteiger partial charge is 0.228 e. The van der Waals surface area contributed by atoms with E-state index in [0.717, 1.165) is 0 Å². The van der Waals surface area contributed by atoms with Gasteiger partial charge in [0.25, 0.3) is 0 Å². The third-order valence-corrected chi connectivity index (χ3v) is 0.854. The Kier molecular flexibility index (Phi) is 0.689. The van der Waals surface area contributed by atoms with Gasteiger partial charge in [-0.15, -0.1) is 14.8 Å². The van der Waals surface area contributed by atoms with E-state index in [1.165, 1.54) is 10.8 Å². The number of aromatic nitrogens is 6. The molecule has 0 aliphatic heterocycles. The number of fused-ring (bicyclic) bond motifs is 1. The van der Waals surface area contributed by atoms with Crippen molar-refractivity contribution >= 4 is 5.65 Å². The molecular weight excluding hydrogens is 120 g/mol. The predicted octanol–water partition coefficient (Wildman–Crippen LogP) is -1.29. The van der Waals surface area contributed by atoms with E-state index in [1.807, 2.05) is 0 Å². The topological polar surface area (TPSA) is 68.9 Å². The Morgan fingerprint density at radius 3 is 3.44 bits per heavy atom. The number of tetrazole rings is 1. The Balaban J connectivity index is 2.95. The maximum atomic E-state index is 3.59. The fraction of sp³-hybridized carbons (Fsp3) is 0. The summed E-state index contributed by atoms with van der Waals surface area (Å²) in [4.78, 5) is 3.59. The van der Waals surface area contributed by atoms with Crippen LogP contribution in [0, 0.1) is 6.33 Å². The fourth-order valence-electron chi connectivity index (χ4n) is 0.493. The fourth-order valence-corrected chi connectivity index (χ4v) is 0.493. The van der Waals surface area contributed by atoms with Crippen LogP contribution < -0.4 is 0 Å². The second kappa shape index (κ2) is 1.44. The highest BCUT2D eigenvalue weighted by Gasteiger charge is 1.92. The minimum absolute atomic E-state index is 0.522. The van der Waals surface area contributed by atoms with Crippen LogP contribution in [0.1, 0.15) is 0 Å². The third kappa shape index (κ3) is 0.525. The molecule has 0 saturated carbocycles. The molecule has 0 spiro atoms. The van der Waals surface area contributed by atoms with E-state index in [1.54, 1.807) is 0 Å². The summed E-state index contributed by atoms with van der Waals surface area (Å²) in [5.41, 5.74) is 0.522. The van der Waals surface area contributed by atoms with Gasteiger partial charge in [0.05, 0.1) is 6.20 Å². The van der Waals surface area contributed by atoms with E-state index in [9.17, 15) is 0 Å². The normalized spacial score (nSPS) is 10.2. The van der Waals surface area contributed by atoms with Crippen LogP contribution >= 0.6 is 0 Å². The molecule has 43 valence electrons. The lowest BCUT2D eigenvalue weighted by Gasteiger charge is -1.79. The van der Waals surface area contributed by atoms with Crippen LogP contribution in [-0.2, 0) is 0 Å². The Labute approximate surface area is 49.5 Å². The van der Waals surface area contributed by atoms with Crippen LogP contribution in [0.15, 0.2) is 6.20 Å². The molecule has 0 fully saturated rings. The first kappa shape index (κ1) is 4.30. The summed E-state index contributed by atoms with van der Waals surface area (Å²) in [6, 6.07) is 0. The van der Waals surface area contributed by atoms with Gasteiger partial charge in [-0.25, -0.2) is 4.98 Å². The van der Waals surface area contributed by atoms with Crippen LogP contribution in [0.25, 0.3) is 5.65 Å². The molecule has 6 heteroatoms. The van der Waals surface area contributed by atoms with E-state index < -0.39 is 0 Å². The average Bonchev–Trinajstić information content (AvgIpc) is 2.33. The summed E-state index contributed by atoms with van der Waals surface area (Å²) in [5.74, 6) is 0. The van der Waals surface area contributed by atoms with E-state index in [2.05, 4.69) is 31.9 Å². The zero-order valence-electron chi connectivity index (χ0n) is 4.26. The standard InChI is InChI=1S/C3HN6/c1-3-6-7-8-9(3)5-2-4-1/h1H. The number of rotatable bonds is 0. The minimum Gasteiger partial charge on any atom is -0.228 e. The van der Waals surface area contributed by atoms with Gasteiger partial charge in [0.15, 0.2) is 0 Å². The van der Waals surface area contributed by atoms with Gasteiger partial charge in [-0.1, -0.05) is 0 Å². The molecule has 2 heterocycles. The maximum absolute atomic E-state index is 3.59. The first-order valence-corrected chi connectivity index (χ1v) is 2.24. The van der Waals surface area contributed by atoms with Gasteiger partial charge < -0.3 is 0 Å². The Morgan fingerprint density at radius 2 is 2.56 bits per heavy atom. The summed E-state index contributed by atoms with van der Waals surface area (Å²) >= 11 is 0. The number of hydrogen-bond donors (Lipinski definition) is 0. The zero-order valence-corrected chi connectivity index (χ0v) is 4.26. The van der Waals surface area contributed by atoms with Crippen LogP contribution in [0.2, 0.25) is 0 Å². The molecule has 0 saturated heterocycles. The molecule has 1 radical (unpaired) electrons. The van der Waals surface area contributed by atoms with E-state index in [0.29, 0.717) is 5.65 Å². The number of nitrogens with zero attached hydrogens (tertiary/aromatic N) is 6. The van der Waals surface area contributed by atoms with Crippen molar-refractivity contribution in [3.8, 4) is 0 Å². The van der Waals surface area contributed by atoms with Gasteiger partial charge in [-0.05, 0) is 10.4 Å². The highest BCUT2D eigenvalue weighted by atomic mass is 15.6. The van der Waals surface area contributed by atoms with Crippen LogP contribution in [0.5, 0.6) is 0 Å². The first-order chi connectivity index (χ1) is 4.47. The second-order valence-electron chi connectivity index (χ2n) is 1.38. The van der Waals surface area contributed by atoms with Crippen molar-refractivity contribution in [2.75, 3.05) is 0 Å². The Bertz CT molecular complexity index is 282. The van der Waals surface area contributed by atoms with Crippen molar-refractivity contribution in [1.29, 1.82) is 0 Å². The molecule has 2 aromatic rings. The van der Waals surface area contributed by atoms with E-state index >= 15 is 0 Å². The molecule has 0 aliphatic carbocycles. The van der Waals surface area contributed by atoms with Crippen LogP contribution in [-0.4, -0.2) is 30.2 Å². The van der Waals surface area contributed by atoms with Gasteiger partial charge in [-0.3, -0.25) is 0 Å². The zero-order chi connectivity index (χ0) is 6.10. The van der Waals surface area contributed by atoms with Crippen molar-refractivity contribution in [3.63, 3.8) is 0 Å². The summed E-state index contributed by atoms with van der Waals surface area (Å²) in [6.45, 7) is 0. The predicted molar refractivity (Wildman–Crippen MR) is 25.2 cm³/mol. The summed E-state index contributed by atoms with van der Waals surface area (Å²) in [7, 11) is 0. The van der Waals surface area contributed by atoms with Crippen molar-refractivity contribution in [1.82, 2.24) is 30.2 Å². The quantitative estimate of drug-likeness (QED) is 0.434. The average molecular weight is 121 g/mol. The molecule has 0 N–H and O–H groups in total. The summed E-state index contributed by atoms with van der Waals surface area (Å²) < 4.78 is 1.24. The van der Waals surface area contributed by atoms with Crippen molar-refractivity contribution in [3.05, 3.63) is 12.5 Å². The van der Waals surface area contributed by atoms with Crippen LogP contribution in [0.3, 0.4) is 0 Å². The molecule has 0 amide bonds. The smallest absolute Gasteiger partial charge is 0.221 e. The van der Waals surface area contributed by atoms with Crippen molar-refractivity contribution < 1.29 is 0 Å². The molecule has 9 heavy (non-hydrogen) atoms. The lowest BCUT2D eigenvalue weighted by molar-refractivity contribution is 0.719. The highest BCUT2D eigenvalue weighted by molar-refractivity contribution is 5.26. The third-order valence-electron chi connectivity index (χ3n) is 0.854. The van der Waals surface area contributed by atoms with E-state index in [4.69, 9.17) is 0 Å². The molecule has 2 rings (SSSR count). The maximum Gasteiger partial charge on any atom is 0.221 e. The van der Waals surface area contributed by atoms with Gasteiger partial charge in [0.2, 0.25) is 12.0 Å². The highest BCUT2D eigenvalue weighted by Crippen LogP contribution is 1.83. The number of hydrogen-bond acceptors (Lipinski definition) is 5. The van der Waals surface area contributed by atoms with Gasteiger partial charge >= 0.3 is 0 Å². The lowest BCUT2D eigenvalue weighted by atomic mass is 10.8. The van der Waals surface area contributed by atoms with Crippen LogP contribution in [0.4, 0.5) is 0 Å². The van der Waals surface area contributed by atoms with E-state index in [-0.39, 0.29) is 0 Å². The SMILES string of the molecule is [c]1ncc2nnnn2n1. The van der Waals surface area contributed by atoms with Crippen molar-refractivity contribution in [2.24, 2.45) is 0 Å². The molecule has 0 bridgehead atoms. The Hall–Kier alpha value is -1.59. The molecule has 0 aliphatic rings. The molecule has 2 aromatic heterocycles. The van der Waals surface area contributed by atoms with Crippen molar-refractivity contribution in [2.45, 2.75) is 0 Å².